The van der Waals surface area contributed by atoms with E-state index >= 15 is 0 Å². The summed E-state index contributed by atoms with van der Waals surface area (Å²) in [6.45, 7) is 5.44. The molecule has 0 radical (unpaired) electrons. The molecule has 1 rings (SSSR count). The molecule has 1 fully saturated rings. The molecule has 0 heterocycles. The Balaban J connectivity index is 2.63. The highest BCUT2D eigenvalue weighted by Crippen LogP contribution is 2.37. The van der Waals surface area contributed by atoms with E-state index in [1.807, 2.05) is 6.92 Å². The second-order valence-corrected chi connectivity index (χ2v) is 4.96. The molecule has 0 aromatic rings. The first-order chi connectivity index (χ1) is 6.40. The number of amides is 1. The fraction of sp³-hybridized carbons (Fsp3) is 0.818. The molecule has 1 saturated carbocycles. The van der Waals surface area contributed by atoms with E-state index in [4.69, 9.17) is 5.26 Å². The molecule has 0 aromatic heterocycles. The van der Waals surface area contributed by atoms with Gasteiger partial charge in [0.15, 0.2) is 0 Å². The van der Waals surface area contributed by atoms with E-state index in [2.05, 4.69) is 11.4 Å². The van der Waals surface area contributed by atoms with Crippen molar-refractivity contribution in [2.24, 2.45) is 5.41 Å². The minimum Gasteiger partial charge on any atom is -0.338 e. The minimum atomic E-state index is -0.747. The van der Waals surface area contributed by atoms with Crippen LogP contribution in [0.5, 0.6) is 0 Å². The van der Waals surface area contributed by atoms with Crippen molar-refractivity contribution in [2.75, 3.05) is 0 Å². The molecule has 0 spiro atoms. The molecular weight excluding hydrogens is 176 g/mol. The zero-order valence-electron chi connectivity index (χ0n) is 9.18. The summed E-state index contributed by atoms with van der Waals surface area (Å²) in [5, 5.41) is 11.6. The second kappa shape index (κ2) is 3.61. The standard InChI is InChI=1S/C11H18N2O/c1-10(2,8-12)13-9(14)11(3)6-4-5-7-11/h4-7H2,1-3H3,(H,13,14). The summed E-state index contributed by atoms with van der Waals surface area (Å²) in [5.41, 5.74) is -0.989. The zero-order valence-corrected chi connectivity index (χ0v) is 9.18. The summed E-state index contributed by atoms with van der Waals surface area (Å²) in [6.07, 6.45) is 4.13. The fourth-order valence-corrected chi connectivity index (χ4v) is 1.85. The number of nitrogens with one attached hydrogen (secondary N) is 1. The summed E-state index contributed by atoms with van der Waals surface area (Å²) in [4.78, 5) is 11.9. The van der Waals surface area contributed by atoms with Gasteiger partial charge >= 0.3 is 0 Å². The molecule has 1 amide bonds. The topological polar surface area (TPSA) is 52.9 Å². The molecule has 1 aliphatic carbocycles. The van der Waals surface area contributed by atoms with Crippen molar-refractivity contribution in [2.45, 2.75) is 52.0 Å². The van der Waals surface area contributed by atoms with E-state index in [0.29, 0.717) is 0 Å². The van der Waals surface area contributed by atoms with Crippen molar-refractivity contribution in [1.29, 1.82) is 5.26 Å². The van der Waals surface area contributed by atoms with Gasteiger partial charge in [0.25, 0.3) is 0 Å². The third-order valence-electron chi connectivity index (χ3n) is 2.96. The molecule has 3 nitrogen and oxygen atoms in total. The number of rotatable bonds is 2. The smallest absolute Gasteiger partial charge is 0.227 e. The molecule has 0 saturated heterocycles. The van der Waals surface area contributed by atoms with Crippen LogP contribution in [0.2, 0.25) is 0 Å². The van der Waals surface area contributed by atoms with Crippen molar-refractivity contribution < 1.29 is 4.79 Å². The Hall–Kier alpha value is -1.04. The summed E-state index contributed by atoms with van der Waals surface area (Å²) in [6, 6.07) is 2.08. The molecule has 0 bridgehead atoms. The van der Waals surface area contributed by atoms with Crippen LogP contribution in [-0.4, -0.2) is 11.4 Å². The maximum absolute atomic E-state index is 11.9. The van der Waals surface area contributed by atoms with Gasteiger partial charge in [-0.25, -0.2) is 0 Å². The number of nitriles is 1. The van der Waals surface area contributed by atoms with E-state index in [1.165, 1.54) is 0 Å². The van der Waals surface area contributed by atoms with Gasteiger partial charge in [0.2, 0.25) is 5.91 Å². The number of carbonyl (C=O) groups is 1. The third-order valence-corrected chi connectivity index (χ3v) is 2.96. The van der Waals surface area contributed by atoms with Gasteiger partial charge in [-0.15, -0.1) is 0 Å². The van der Waals surface area contributed by atoms with Crippen molar-refractivity contribution in [3.05, 3.63) is 0 Å². The highest BCUT2D eigenvalue weighted by atomic mass is 16.2. The average molecular weight is 194 g/mol. The quantitative estimate of drug-likeness (QED) is 0.730. The predicted octanol–water partition coefficient (Wildman–Crippen LogP) is 1.99. The van der Waals surface area contributed by atoms with Crippen LogP contribution >= 0.6 is 0 Å². The van der Waals surface area contributed by atoms with Crippen LogP contribution < -0.4 is 5.32 Å². The van der Waals surface area contributed by atoms with Crippen molar-refractivity contribution in [1.82, 2.24) is 5.32 Å². The number of carbonyl (C=O) groups excluding carboxylic acids is 1. The van der Waals surface area contributed by atoms with Crippen molar-refractivity contribution >= 4 is 5.91 Å². The first kappa shape index (κ1) is 11.0. The maximum atomic E-state index is 11.9. The lowest BCUT2D eigenvalue weighted by Crippen LogP contribution is -2.48. The van der Waals surface area contributed by atoms with Gasteiger partial charge in [-0.2, -0.15) is 5.26 Å². The van der Waals surface area contributed by atoms with Crippen molar-refractivity contribution in [3.8, 4) is 6.07 Å². The van der Waals surface area contributed by atoms with Gasteiger partial charge in [-0.3, -0.25) is 4.79 Å². The molecule has 1 aliphatic rings. The fourth-order valence-electron chi connectivity index (χ4n) is 1.85. The van der Waals surface area contributed by atoms with Gasteiger partial charge in [-0.1, -0.05) is 19.8 Å². The molecule has 0 aliphatic heterocycles. The van der Waals surface area contributed by atoms with Gasteiger partial charge in [0, 0.05) is 5.41 Å². The zero-order chi connectivity index (χ0) is 10.8. The molecular formula is C11H18N2O. The van der Waals surface area contributed by atoms with Crippen LogP contribution in [0.15, 0.2) is 0 Å². The summed E-state index contributed by atoms with van der Waals surface area (Å²) >= 11 is 0. The van der Waals surface area contributed by atoms with E-state index in [1.54, 1.807) is 13.8 Å². The van der Waals surface area contributed by atoms with Gasteiger partial charge in [-0.05, 0) is 26.7 Å². The lowest BCUT2D eigenvalue weighted by molar-refractivity contribution is -0.131. The van der Waals surface area contributed by atoms with Crippen LogP contribution in [0.3, 0.4) is 0 Å². The summed E-state index contributed by atoms with van der Waals surface area (Å²) in [7, 11) is 0. The highest BCUT2D eigenvalue weighted by Gasteiger charge is 2.38. The van der Waals surface area contributed by atoms with Crippen molar-refractivity contribution in [3.63, 3.8) is 0 Å². The van der Waals surface area contributed by atoms with Crippen LogP contribution in [-0.2, 0) is 4.79 Å². The second-order valence-electron chi connectivity index (χ2n) is 4.96. The van der Waals surface area contributed by atoms with Crippen LogP contribution in [0.25, 0.3) is 0 Å². The van der Waals surface area contributed by atoms with E-state index < -0.39 is 5.54 Å². The number of hydrogen-bond acceptors (Lipinski definition) is 2. The Morgan fingerprint density at radius 3 is 2.36 bits per heavy atom. The molecule has 78 valence electrons. The lowest BCUT2D eigenvalue weighted by Gasteiger charge is -2.27. The van der Waals surface area contributed by atoms with Gasteiger partial charge in [0.1, 0.15) is 5.54 Å². The van der Waals surface area contributed by atoms with Gasteiger partial charge < -0.3 is 5.32 Å². The van der Waals surface area contributed by atoms with Gasteiger partial charge in [0.05, 0.1) is 6.07 Å². The largest absolute Gasteiger partial charge is 0.338 e. The SMILES string of the molecule is CC(C)(C#N)NC(=O)C1(C)CCCC1. The first-order valence-electron chi connectivity index (χ1n) is 5.13. The molecule has 1 N–H and O–H groups in total. The Bertz CT molecular complexity index is 270. The summed E-state index contributed by atoms with van der Waals surface area (Å²) in [5.74, 6) is 0.0292. The average Bonchev–Trinajstić information content (AvgIpc) is 2.53. The minimum absolute atomic E-state index is 0.0292. The molecule has 3 heteroatoms. The predicted molar refractivity (Wildman–Crippen MR) is 54.4 cm³/mol. The molecule has 0 atom stereocenters. The Kier molecular flexibility index (Phi) is 2.84. The monoisotopic (exact) mass is 194 g/mol. The lowest BCUT2D eigenvalue weighted by atomic mass is 9.87. The number of nitrogens with zero attached hydrogens (tertiary/aromatic N) is 1. The molecule has 14 heavy (non-hydrogen) atoms. The van der Waals surface area contributed by atoms with Crippen LogP contribution in [0.1, 0.15) is 46.5 Å². The van der Waals surface area contributed by atoms with E-state index in [9.17, 15) is 4.79 Å². The third kappa shape index (κ3) is 2.25. The van der Waals surface area contributed by atoms with Crippen LogP contribution in [0, 0.1) is 16.7 Å². The first-order valence-corrected chi connectivity index (χ1v) is 5.13. The molecule has 0 unspecified atom stereocenters. The number of hydrogen-bond donors (Lipinski definition) is 1. The Morgan fingerprint density at radius 1 is 1.43 bits per heavy atom. The van der Waals surface area contributed by atoms with Crippen LogP contribution in [0.4, 0.5) is 0 Å². The van der Waals surface area contributed by atoms with E-state index in [-0.39, 0.29) is 11.3 Å². The normalized spacial score (nSPS) is 20.1. The van der Waals surface area contributed by atoms with E-state index in [0.717, 1.165) is 25.7 Å². The Morgan fingerprint density at radius 2 is 1.93 bits per heavy atom. The molecule has 0 aromatic carbocycles. The Labute approximate surface area is 85.5 Å². The maximum Gasteiger partial charge on any atom is 0.227 e. The summed E-state index contributed by atoms with van der Waals surface area (Å²) < 4.78 is 0. The highest BCUT2D eigenvalue weighted by molar-refractivity contribution is 5.83.